The van der Waals surface area contributed by atoms with Gasteiger partial charge in [0, 0.05) is 28.4 Å². The number of fused-ring (bicyclic) bond motifs is 3. The van der Waals surface area contributed by atoms with E-state index < -0.39 is 22.1 Å². The first kappa shape index (κ1) is 20.1. The smallest absolute Gasteiger partial charge is 0.337 e. The van der Waals surface area contributed by atoms with Crippen molar-refractivity contribution in [1.82, 2.24) is 9.29 Å². The van der Waals surface area contributed by atoms with Crippen LogP contribution in [0.3, 0.4) is 0 Å². The van der Waals surface area contributed by atoms with Gasteiger partial charge >= 0.3 is 5.97 Å². The Kier molecular flexibility index (Phi) is 5.29. The Hall–Kier alpha value is -3.20. The number of rotatable bonds is 7. The van der Waals surface area contributed by atoms with Crippen LogP contribution in [0.25, 0.3) is 21.8 Å². The van der Waals surface area contributed by atoms with E-state index in [4.69, 9.17) is 0 Å². The molecule has 7 nitrogen and oxygen atoms in total. The first-order valence-corrected chi connectivity index (χ1v) is 10.8. The van der Waals surface area contributed by atoms with Crippen LogP contribution in [0.2, 0.25) is 0 Å². The van der Waals surface area contributed by atoms with E-state index in [0.29, 0.717) is 0 Å². The number of aromatic carboxylic acids is 1. The summed E-state index contributed by atoms with van der Waals surface area (Å²) in [6.45, 7) is -0.0752. The number of nitrogens with one attached hydrogen (secondary N) is 1. The number of aliphatic hydroxyl groups excluding tert-OH is 1. The van der Waals surface area contributed by atoms with E-state index in [-0.39, 0.29) is 23.5 Å². The maximum atomic E-state index is 12.6. The second-order valence-corrected chi connectivity index (χ2v) is 8.69. The zero-order valence-electron chi connectivity index (χ0n) is 15.9. The molecule has 0 aliphatic heterocycles. The molecule has 4 rings (SSSR count). The minimum atomic E-state index is -4.10. The monoisotopic (exact) mass is 424 g/mol. The molecule has 0 spiro atoms. The molecule has 1 heterocycles. The molecule has 0 radical (unpaired) electrons. The van der Waals surface area contributed by atoms with Crippen LogP contribution in [0.5, 0.6) is 0 Å². The largest absolute Gasteiger partial charge is 0.478 e. The van der Waals surface area contributed by atoms with Crippen molar-refractivity contribution in [1.29, 1.82) is 0 Å². The van der Waals surface area contributed by atoms with Crippen LogP contribution in [0.15, 0.2) is 77.7 Å². The maximum absolute atomic E-state index is 12.6. The first-order valence-electron chi connectivity index (χ1n) is 9.34. The third kappa shape index (κ3) is 3.68. The molecule has 0 aliphatic rings. The number of nitrogens with zero attached hydrogens (tertiary/aromatic N) is 1. The predicted molar refractivity (Wildman–Crippen MR) is 114 cm³/mol. The molecule has 1 unspecified atom stereocenters. The molecule has 0 amide bonds. The normalized spacial score (nSPS) is 13.0. The first-order chi connectivity index (χ1) is 14.4. The number of para-hydroxylation sites is 2. The lowest BCUT2D eigenvalue weighted by molar-refractivity contribution is 0.0692. The average Bonchev–Trinajstić information content (AvgIpc) is 3.06. The molecule has 3 aromatic carbocycles. The van der Waals surface area contributed by atoms with E-state index in [1.54, 1.807) is 0 Å². The van der Waals surface area contributed by atoms with Crippen LogP contribution in [-0.4, -0.2) is 41.8 Å². The molecular weight excluding hydrogens is 404 g/mol. The van der Waals surface area contributed by atoms with Crippen LogP contribution < -0.4 is 4.72 Å². The third-order valence-corrected chi connectivity index (χ3v) is 6.47. The molecule has 3 N–H and O–H groups in total. The van der Waals surface area contributed by atoms with Crippen LogP contribution in [0, 0.1) is 0 Å². The Morgan fingerprint density at radius 1 is 0.900 bits per heavy atom. The van der Waals surface area contributed by atoms with Gasteiger partial charge in [-0.3, -0.25) is 0 Å². The molecule has 30 heavy (non-hydrogen) atoms. The minimum Gasteiger partial charge on any atom is -0.478 e. The summed E-state index contributed by atoms with van der Waals surface area (Å²) in [6.07, 6.45) is -1.02. The molecule has 0 saturated heterocycles. The Labute approximate surface area is 173 Å². The van der Waals surface area contributed by atoms with Gasteiger partial charge in [0.2, 0.25) is 10.0 Å². The molecule has 1 aromatic heterocycles. The number of carboxylic acid groups (broad SMARTS) is 1. The van der Waals surface area contributed by atoms with Crippen molar-refractivity contribution in [3.05, 3.63) is 78.4 Å². The maximum Gasteiger partial charge on any atom is 0.337 e. The van der Waals surface area contributed by atoms with Crippen LogP contribution in [0.4, 0.5) is 0 Å². The van der Waals surface area contributed by atoms with E-state index in [0.717, 1.165) is 21.8 Å². The third-order valence-electron chi connectivity index (χ3n) is 4.99. The summed E-state index contributed by atoms with van der Waals surface area (Å²) in [5.74, 6) is -1.33. The molecule has 8 heteroatoms. The summed E-state index contributed by atoms with van der Waals surface area (Å²) in [5, 5.41) is 21.9. The van der Waals surface area contributed by atoms with Gasteiger partial charge in [-0.2, -0.15) is 0 Å². The second kappa shape index (κ2) is 7.91. The fraction of sp³-hybridized carbons (Fsp3) is 0.136. The Morgan fingerprint density at radius 2 is 1.43 bits per heavy atom. The highest BCUT2D eigenvalue weighted by atomic mass is 32.2. The number of sulfonamides is 1. The van der Waals surface area contributed by atoms with Crippen molar-refractivity contribution in [3.63, 3.8) is 0 Å². The van der Waals surface area contributed by atoms with E-state index in [9.17, 15) is 23.4 Å². The van der Waals surface area contributed by atoms with E-state index in [1.807, 2.05) is 53.1 Å². The summed E-state index contributed by atoms with van der Waals surface area (Å²) < 4.78 is 29.5. The summed E-state index contributed by atoms with van der Waals surface area (Å²) >= 11 is 0. The molecule has 4 aromatic rings. The number of hydrogen-bond donors (Lipinski definition) is 3. The number of hydrogen-bond acceptors (Lipinski definition) is 4. The number of aliphatic hydroxyl groups is 1. The minimum absolute atomic E-state index is 0.178. The van der Waals surface area contributed by atoms with Crippen molar-refractivity contribution in [2.45, 2.75) is 17.5 Å². The van der Waals surface area contributed by atoms with Crippen LogP contribution in [-0.2, 0) is 16.6 Å². The summed E-state index contributed by atoms with van der Waals surface area (Å²) in [5.41, 5.74) is 1.57. The second-order valence-electron chi connectivity index (χ2n) is 6.95. The Balaban J connectivity index is 1.58. The number of carbonyl (C=O) groups is 1. The van der Waals surface area contributed by atoms with Gasteiger partial charge in [-0.1, -0.05) is 48.5 Å². The highest BCUT2D eigenvalue weighted by Crippen LogP contribution is 2.28. The van der Waals surface area contributed by atoms with Gasteiger partial charge in [-0.15, -0.1) is 0 Å². The van der Waals surface area contributed by atoms with Crippen molar-refractivity contribution < 1.29 is 23.4 Å². The number of aromatic nitrogens is 1. The lowest BCUT2D eigenvalue weighted by Crippen LogP contribution is -2.35. The highest BCUT2D eigenvalue weighted by molar-refractivity contribution is 7.89. The van der Waals surface area contributed by atoms with Crippen molar-refractivity contribution in [2.24, 2.45) is 0 Å². The van der Waals surface area contributed by atoms with E-state index in [2.05, 4.69) is 4.72 Å². The van der Waals surface area contributed by atoms with Gasteiger partial charge in [0.05, 0.1) is 23.1 Å². The number of carboxylic acids is 1. The molecular formula is C22H20N2O5S. The molecule has 1 atom stereocenters. The fourth-order valence-corrected chi connectivity index (χ4v) is 4.91. The molecule has 154 valence electrons. The van der Waals surface area contributed by atoms with Crippen LogP contribution >= 0.6 is 0 Å². The van der Waals surface area contributed by atoms with E-state index >= 15 is 0 Å². The van der Waals surface area contributed by atoms with Crippen LogP contribution in [0.1, 0.15) is 10.4 Å². The Morgan fingerprint density at radius 3 is 2.03 bits per heavy atom. The van der Waals surface area contributed by atoms with Crippen molar-refractivity contribution in [2.75, 3.05) is 6.54 Å². The molecule has 0 saturated carbocycles. The topological polar surface area (TPSA) is 109 Å². The van der Waals surface area contributed by atoms with Gasteiger partial charge in [-0.25, -0.2) is 17.9 Å². The zero-order valence-corrected chi connectivity index (χ0v) is 16.7. The predicted octanol–water partition coefficient (Wildman–Crippen LogP) is 2.83. The molecule has 0 bridgehead atoms. The summed E-state index contributed by atoms with van der Waals surface area (Å²) in [6, 6.07) is 21.0. The van der Waals surface area contributed by atoms with Gasteiger partial charge in [0.25, 0.3) is 0 Å². The van der Waals surface area contributed by atoms with Crippen molar-refractivity contribution in [3.8, 4) is 0 Å². The van der Waals surface area contributed by atoms with Gasteiger partial charge in [-0.05, 0) is 24.3 Å². The van der Waals surface area contributed by atoms with Gasteiger partial charge in [0.15, 0.2) is 0 Å². The van der Waals surface area contributed by atoms with Gasteiger partial charge in [0.1, 0.15) is 0 Å². The Bertz CT molecular complexity index is 1290. The van der Waals surface area contributed by atoms with Gasteiger partial charge < -0.3 is 14.8 Å². The summed E-state index contributed by atoms with van der Waals surface area (Å²) in [7, 11) is -4.10. The van der Waals surface area contributed by atoms with Crippen molar-refractivity contribution >= 4 is 37.8 Å². The van der Waals surface area contributed by atoms with E-state index in [1.165, 1.54) is 24.3 Å². The standard InChI is InChI=1S/C22H20N2O5S/c25-15(13-23-30(28,29)21-12-6-3-9-18(21)22(26)27)14-24-19-10-4-1-7-16(19)17-8-2-5-11-20(17)24/h1-12,15,23,25H,13-14H2,(H,26,27). The lowest BCUT2D eigenvalue weighted by atomic mass is 10.2. The fourth-order valence-electron chi connectivity index (χ4n) is 3.64. The summed E-state index contributed by atoms with van der Waals surface area (Å²) in [4.78, 5) is 11.0. The quantitative estimate of drug-likeness (QED) is 0.423. The molecule has 0 aliphatic carbocycles. The average molecular weight is 424 g/mol. The molecule has 0 fully saturated rings. The highest BCUT2D eigenvalue weighted by Gasteiger charge is 2.23. The zero-order chi connectivity index (χ0) is 21.3. The number of benzene rings is 3. The SMILES string of the molecule is O=C(O)c1ccccc1S(=O)(=O)NCC(O)Cn1c2ccccc2c2ccccc21. The lowest BCUT2D eigenvalue weighted by Gasteiger charge is -2.15.